The van der Waals surface area contributed by atoms with Crippen LogP contribution in [0, 0.1) is 11.8 Å². The van der Waals surface area contributed by atoms with Crippen LogP contribution < -0.4 is 10.1 Å². The molecule has 0 unspecified atom stereocenters. The molecule has 27 heavy (non-hydrogen) atoms. The standard InChI is InChI=1S/C19H27N3O3S2/c1-25-16-4-6-17(7-5-16)27(23,24)22-10-8-21(9-11-22)19(26)20-18-13-14-2-3-15(18)12-14/h4-7,14-15,18H,2-3,8-13H2,1H3,(H,20,26)/t14-,15-,18+/m0/s1. The third-order valence-corrected chi connectivity index (χ3v) is 8.56. The second-order valence-corrected chi connectivity index (χ2v) is 10.1. The van der Waals surface area contributed by atoms with Gasteiger partial charge in [0.1, 0.15) is 5.75 Å². The minimum Gasteiger partial charge on any atom is -0.497 e. The second-order valence-electron chi connectivity index (χ2n) is 7.80. The molecule has 0 radical (unpaired) electrons. The number of sulfonamides is 1. The van der Waals surface area contributed by atoms with Crippen LogP contribution in [0.3, 0.4) is 0 Å². The summed E-state index contributed by atoms with van der Waals surface area (Å²) in [6.07, 6.45) is 5.26. The highest BCUT2D eigenvalue weighted by Gasteiger charge is 2.40. The first-order chi connectivity index (χ1) is 13.0. The first-order valence-electron chi connectivity index (χ1n) is 9.67. The molecule has 2 saturated carbocycles. The third kappa shape index (κ3) is 3.79. The summed E-state index contributed by atoms with van der Waals surface area (Å²) in [5, 5.41) is 4.34. The molecule has 4 rings (SSSR count). The zero-order chi connectivity index (χ0) is 19.0. The molecule has 0 spiro atoms. The number of methoxy groups -OCH3 is 1. The zero-order valence-corrected chi connectivity index (χ0v) is 17.3. The van der Waals surface area contributed by atoms with Gasteiger partial charge in [0, 0.05) is 32.2 Å². The van der Waals surface area contributed by atoms with Crippen LogP contribution in [0.5, 0.6) is 5.75 Å². The Hall–Kier alpha value is -1.38. The molecule has 6 nitrogen and oxygen atoms in total. The predicted octanol–water partition coefficient (Wildman–Crippen LogP) is 2.06. The summed E-state index contributed by atoms with van der Waals surface area (Å²) in [6, 6.07) is 7.07. The van der Waals surface area contributed by atoms with E-state index in [1.54, 1.807) is 35.7 Å². The molecule has 1 saturated heterocycles. The van der Waals surface area contributed by atoms with E-state index >= 15 is 0 Å². The van der Waals surface area contributed by atoms with E-state index in [-0.39, 0.29) is 0 Å². The van der Waals surface area contributed by atoms with Crippen LogP contribution in [0.4, 0.5) is 0 Å². The average molecular weight is 410 g/mol. The summed E-state index contributed by atoms with van der Waals surface area (Å²) in [5.74, 6) is 2.29. The summed E-state index contributed by atoms with van der Waals surface area (Å²) < 4.78 is 32.3. The van der Waals surface area contributed by atoms with Gasteiger partial charge in [0.25, 0.3) is 0 Å². The van der Waals surface area contributed by atoms with Crippen molar-refractivity contribution < 1.29 is 13.2 Å². The van der Waals surface area contributed by atoms with Crippen LogP contribution in [0.15, 0.2) is 29.2 Å². The molecule has 1 aromatic carbocycles. The second kappa shape index (κ2) is 7.56. The Morgan fingerprint density at radius 1 is 1.11 bits per heavy atom. The number of nitrogens with zero attached hydrogens (tertiary/aromatic N) is 2. The van der Waals surface area contributed by atoms with Gasteiger partial charge in [-0.25, -0.2) is 8.42 Å². The molecular formula is C19H27N3O3S2. The van der Waals surface area contributed by atoms with Crippen molar-refractivity contribution in [3.8, 4) is 5.75 Å². The number of benzene rings is 1. The van der Waals surface area contributed by atoms with Gasteiger partial charge in [0.2, 0.25) is 10.0 Å². The van der Waals surface area contributed by atoms with Crippen molar-refractivity contribution in [2.45, 2.75) is 36.6 Å². The molecule has 3 aliphatic rings. The maximum Gasteiger partial charge on any atom is 0.243 e. The van der Waals surface area contributed by atoms with E-state index in [0.717, 1.165) is 16.9 Å². The fourth-order valence-corrected chi connectivity index (χ4v) is 6.46. The Morgan fingerprint density at radius 2 is 1.81 bits per heavy atom. The normalized spacial score (nSPS) is 28.3. The Labute approximate surface area is 166 Å². The molecular weight excluding hydrogens is 382 g/mol. The van der Waals surface area contributed by atoms with Gasteiger partial charge < -0.3 is 15.0 Å². The molecule has 3 atom stereocenters. The topological polar surface area (TPSA) is 61.9 Å². The number of hydrogen-bond donors (Lipinski definition) is 1. The van der Waals surface area contributed by atoms with Crippen LogP contribution in [0.2, 0.25) is 0 Å². The van der Waals surface area contributed by atoms with E-state index in [1.165, 1.54) is 25.7 Å². The van der Waals surface area contributed by atoms with Gasteiger partial charge in [-0.15, -0.1) is 0 Å². The lowest BCUT2D eigenvalue weighted by Gasteiger charge is -2.37. The molecule has 0 aromatic heterocycles. The quantitative estimate of drug-likeness (QED) is 0.768. The average Bonchev–Trinajstić information content (AvgIpc) is 3.31. The van der Waals surface area contributed by atoms with E-state index in [9.17, 15) is 8.42 Å². The zero-order valence-electron chi connectivity index (χ0n) is 15.6. The lowest BCUT2D eigenvalue weighted by Crippen LogP contribution is -2.54. The van der Waals surface area contributed by atoms with Crippen molar-refractivity contribution in [1.29, 1.82) is 0 Å². The Kier molecular flexibility index (Phi) is 5.31. The number of nitrogens with one attached hydrogen (secondary N) is 1. The maximum atomic E-state index is 12.8. The van der Waals surface area contributed by atoms with Crippen molar-refractivity contribution >= 4 is 27.4 Å². The number of ether oxygens (including phenoxy) is 1. The minimum atomic E-state index is -3.48. The monoisotopic (exact) mass is 409 g/mol. The summed E-state index contributed by atoms with van der Waals surface area (Å²) in [4.78, 5) is 2.42. The SMILES string of the molecule is COc1ccc(S(=O)(=O)N2CCN(C(=S)N[C@@H]3C[C@H]4CC[C@H]3C4)CC2)cc1. The fraction of sp³-hybridized carbons (Fsp3) is 0.632. The van der Waals surface area contributed by atoms with Crippen LogP contribution >= 0.6 is 12.2 Å². The number of hydrogen-bond acceptors (Lipinski definition) is 4. The fourth-order valence-electron chi connectivity index (χ4n) is 4.70. The van der Waals surface area contributed by atoms with Crippen LogP contribution in [0.1, 0.15) is 25.7 Å². The summed E-state index contributed by atoms with van der Waals surface area (Å²) in [7, 11) is -1.91. The lowest BCUT2D eigenvalue weighted by molar-refractivity contribution is 0.258. The predicted molar refractivity (Wildman–Crippen MR) is 108 cm³/mol. The smallest absolute Gasteiger partial charge is 0.243 e. The number of piperazine rings is 1. The van der Waals surface area contributed by atoms with Crippen LogP contribution in [-0.2, 0) is 10.0 Å². The van der Waals surface area contributed by atoms with Gasteiger partial charge in [-0.2, -0.15) is 4.31 Å². The van der Waals surface area contributed by atoms with Gasteiger partial charge in [-0.1, -0.05) is 6.42 Å². The third-order valence-electron chi connectivity index (χ3n) is 6.27. The molecule has 0 amide bonds. The molecule has 8 heteroatoms. The molecule has 2 bridgehead atoms. The Bertz CT molecular complexity index is 789. The number of thiocarbonyl (C=S) groups is 1. The minimum absolute atomic E-state index is 0.305. The summed E-state index contributed by atoms with van der Waals surface area (Å²) in [6.45, 7) is 2.16. The number of fused-ring (bicyclic) bond motifs is 2. The first-order valence-corrected chi connectivity index (χ1v) is 11.5. The van der Waals surface area contributed by atoms with E-state index in [1.807, 2.05) is 0 Å². The van der Waals surface area contributed by atoms with E-state index < -0.39 is 10.0 Å². The Morgan fingerprint density at radius 3 is 2.37 bits per heavy atom. The van der Waals surface area contributed by atoms with Crippen molar-refractivity contribution in [3.05, 3.63) is 24.3 Å². The molecule has 148 valence electrons. The van der Waals surface area contributed by atoms with Crippen molar-refractivity contribution in [3.63, 3.8) is 0 Å². The molecule has 1 heterocycles. The van der Waals surface area contributed by atoms with Crippen molar-refractivity contribution in [1.82, 2.24) is 14.5 Å². The van der Waals surface area contributed by atoms with Gasteiger partial charge in [-0.05, 0) is 67.6 Å². The van der Waals surface area contributed by atoms with E-state index in [4.69, 9.17) is 17.0 Å². The maximum absolute atomic E-state index is 12.8. The van der Waals surface area contributed by atoms with Crippen LogP contribution in [0.25, 0.3) is 0 Å². The van der Waals surface area contributed by atoms with Gasteiger partial charge in [-0.3, -0.25) is 0 Å². The van der Waals surface area contributed by atoms with E-state index in [0.29, 0.717) is 42.9 Å². The van der Waals surface area contributed by atoms with Crippen molar-refractivity contribution in [2.24, 2.45) is 11.8 Å². The van der Waals surface area contributed by atoms with Gasteiger partial charge >= 0.3 is 0 Å². The van der Waals surface area contributed by atoms with E-state index in [2.05, 4.69) is 10.2 Å². The largest absolute Gasteiger partial charge is 0.497 e. The van der Waals surface area contributed by atoms with Crippen LogP contribution in [-0.4, -0.2) is 62.1 Å². The number of rotatable bonds is 4. The highest BCUT2D eigenvalue weighted by molar-refractivity contribution is 7.89. The first kappa shape index (κ1) is 19.0. The highest BCUT2D eigenvalue weighted by atomic mass is 32.2. The molecule has 1 aliphatic heterocycles. The molecule has 1 N–H and O–H groups in total. The van der Waals surface area contributed by atoms with Crippen molar-refractivity contribution in [2.75, 3.05) is 33.3 Å². The lowest BCUT2D eigenvalue weighted by atomic mass is 9.95. The highest BCUT2D eigenvalue weighted by Crippen LogP contribution is 2.44. The summed E-state index contributed by atoms with van der Waals surface area (Å²) in [5.41, 5.74) is 0. The van der Waals surface area contributed by atoms with Gasteiger partial charge in [0.05, 0.1) is 12.0 Å². The Balaban J connectivity index is 1.33. The molecule has 1 aromatic rings. The van der Waals surface area contributed by atoms with Gasteiger partial charge in [0.15, 0.2) is 5.11 Å². The summed E-state index contributed by atoms with van der Waals surface area (Å²) >= 11 is 5.61. The molecule has 3 fully saturated rings. The molecule has 2 aliphatic carbocycles.